The molecule has 4 nitrogen and oxygen atoms in total. The van der Waals surface area contributed by atoms with Crippen molar-refractivity contribution in [2.75, 3.05) is 20.3 Å². The topological polar surface area (TPSA) is 57.4 Å². The van der Waals surface area contributed by atoms with Crippen molar-refractivity contribution in [3.63, 3.8) is 0 Å². The standard InChI is InChI=1S/C12H20N2O2/c1-3-11(13)12-6-5-10(9-14-12)16-8-4-7-15-2/h5-6,9,11H,3-4,7-8,13H2,1-2H3. The minimum Gasteiger partial charge on any atom is -0.492 e. The Labute approximate surface area is 96.8 Å². The van der Waals surface area contributed by atoms with Crippen molar-refractivity contribution in [2.45, 2.75) is 25.8 Å². The van der Waals surface area contributed by atoms with Gasteiger partial charge in [-0.1, -0.05) is 6.92 Å². The number of ether oxygens (including phenoxy) is 2. The van der Waals surface area contributed by atoms with Crippen LogP contribution in [0.4, 0.5) is 0 Å². The van der Waals surface area contributed by atoms with E-state index in [2.05, 4.69) is 4.98 Å². The van der Waals surface area contributed by atoms with Crippen molar-refractivity contribution in [2.24, 2.45) is 5.73 Å². The van der Waals surface area contributed by atoms with Crippen molar-refractivity contribution in [1.82, 2.24) is 4.98 Å². The fourth-order valence-corrected chi connectivity index (χ4v) is 1.30. The largest absolute Gasteiger partial charge is 0.492 e. The zero-order valence-corrected chi connectivity index (χ0v) is 9.98. The maximum absolute atomic E-state index is 5.86. The highest BCUT2D eigenvalue weighted by atomic mass is 16.5. The Morgan fingerprint density at radius 3 is 2.75 bits per heavy atom. The number of nitrogens with zero attached hydrogens (tertiary/aromatic N) is 1. The maximum atomic E-state index is 5.86. The van der Waals surface area contributed by atoms with Crippen LogP contribution in [0.1, 0.15) is 31.5 Å². The van der Waals surface area contributed by atoms with E-state index in [1.807, 2.05) is 19.1 Å². The van der Waals surface area contributed by atoms with E-state index in [-0.39, 0.29) is 6.04 Å². The van der Waals surface area contributed by atoms with E-state index in [1.54, 1.807) is 13.3 Å². The first-order chi connectivity index (χ1) is 7.77. The zero-order valence-electron chi connectivity index (χ0n) is 9.98. The molecule has 0 aliphatic heterocycles. The third-order valence-corrected chi connectivity index (χ3v) is 2.34. The molecule has 1 atom stereocenters. The molecule has 1 rings (SSSR count). The van der Waals surface area contributed by atoms with Gasteiger partial charge in [-0.2, -0.15) is 0 Å². The lowest BCUT2D eigenvalue weighted by Gasteiger charge is -2.09. The van der Waals surface area contributed by atoms with Gasteiger partial charge in [0.05, 0.1) is 18.5 Å². The molecule has 0 amide bonds. The van der Waals surface area contributed by atoms with Gasteiger partial charge < -0.3 is 15.2 Å². The Bertz CT molecular complexity index is 288. The Morgan fingerprint density at radius 2 is 2.19 bits per heavy atom. The van der Waals surface area contributed by atoms with Crippen molar-refractivity contribution in [3.05, 3.63) is 24.0 Å². The van der Waals surface area contributed by atoms with Crippen molar-refractivity contribution in [3.8, 4) is 5.75 Å². The maximum Gasteiger partial charge on any atom is 0.137 e. The molecule has 0 aliphatic rings. The number of hydrogen-bond donors (Lipinski definition) is 1. The highest BCUT2D eigenvalue weighted by Crippen LogP contribution is 2.15. The summed E-state index contributed by atoms with van der Waals surface area (Å²) in [5, 5.41) is 0. The average Bonchev–Trinajstić information content (AvgIpc) is 2.34. The van der Waals surface area contributed by atoms with Crippen LogP contribution in [0.2, 0.25) is 0 Å². The third kappa shape index (κ3) is 4.16. The summed E-state index contributed by atoms with van der Waals surface area (Å²) in [6.07, 6.45) is 3.49. The normalized spacial score (nSPS) is 12.4. The second kappa shape index (κ2) is 7.19. The van der Waals surface area contributed by atoms with Gasteiger partial charge in [0.25, 0.3) is 0 Å². The number of methoxy groups -OCH3 is 1. The van der Waals surface area contributed by atoms with E-state index in [9.17, 15) is 0 Å². The zero-order chi connectivity index (χ0) is 11.8. The number of rotatable bonds is 7. The quantitative estimate of drug-likeness (QED) is 0.719. The van der Waals surface area contributed by atoms with E-state index in [0.717, 1.165) is 24.3 Å². The summed E-state index contributed by atoms with van der Waals surface area (Å²) in [5.74, 6) is 0.781. The van der Waals surface area contributed by atoms with Crippen LogP contribution in [0.3, 0.4) is 0 Å². The summed E-state index contributed by atoms with van der Waals surface area (Å²) >= 11 is 0. The van der Waals surface area contributed by atoms with Crippen LogP contribution >= 0.6 is 0 Å². The Kier molecular flexibility index (Phi) is 5.82. The van der Waals surface area contributed by atoms with E-state index >= 15 is 0 Å². The van der Waals surface area contributed by atoms with Crippen LogP contribution in [0.5, 0.6) is 5.75 Å². The van der Waals surface area contributed by atoms with Crippen molar-refractivity contribution < 1.29 is 9.47 Å². The first kappa shape index (κ1) is 12.9. The summed E-state index contributed by atoms with van der Waals surface area (Å²) in [6.45, 7) is 3.41. The first-order valence-electron chi connectivity index (χ1n) is 5.61. The minimum atomic E-state index is 0.0162. The molecule has 1 heterocycles. The molecule has 0 spiro atoms. The molecule has 0 bridgehead atoms. The fourth-order valence-electron chi connectivity index (χ4n) is 1.30. The highest BCUT2D eigenvalue weighted by molar-refractivity contribution is 5.21. The molecule has 1 aromatic rings. The average molecular weight is 224 g/mol. The molecule has 0 saturated carbocycles. The molecule has 4 heteroatoms. The first-order valence-corrected chi connectivity index (χ1v) is 5.61. The number of aromatic nitrogens is 1. The SMILES string of the molecule is CCC(N)c1ccc(OCCCOC)cn1. The molecule has 0 aromatic carbocycles. The van der Waals surface area contributed by atoms with Gasteiger partial charge in [0, 0.05) is 26.2 Å². The lowest BCUT2D eigenvalue weighted by atomic mass is 10.1. The fraction of sp³-hybridized carbons (Fsp3) is 0.583. The number of hydrogen-bond acceptors (Lipinski definition) is 4. The summed E-state index contributed by atoms with van der Waals surface area (Å²) < 4.78 is 10.4. The highest BCUT2D eigenvalue weighted by Gasteiger charge is 2.04. The van der Waals surface area contributed by atoms with Gasteiger partial charge in [-0.3, -0.25) is 4.98 Å². The molecule has 1 unspecified atom stereocenters. The second-order valence-corrected chi connectivity index (χ2v) is 3.63. The van der Waals surface area contributed by atoms with Gasteiger partial charge in [-0.25, -0.2) is 0 Å². The predicted octanol–water partition coefficient (Wildman–Crippen LogP) is 1.91. The summed E-state index contributed by atoms with van der Waals surface area (Å²) in [4.78, 5) is 4.27. The van der Waals surface area contributed by atoms with Crippen molar-refractivity contribution in [1.29, 1.82) is 0 Å². The molecular weight excluding hydrogens is 204 g/mol. The smallest absolute Gasteiger partial charge is 0.137 e. The molecular formula is C12H20N2O2. The van der Waals surface area contributed by atoms with E-state index in [4.69, 9.17) is 15.2 Å². The van der Waals surface area contributed by atoms with Crippen LogP contribution in [-0.2, 0) is 4.74 Å². The Balaban J connectivity index is 2.39. The lowest BCUT2D eigenvalue weighted by Crippen LogP contribution is -2.10. The van der Waals surface area contributed by atoms with Crippen molar-refractivity contribution >= 4 is 0 Å². The van der Waals surface area contributed by atoms with E-state index in [1.165, 1.54) is 0 Å². The lowest BCUT2D eigenvalue weighted by molar-refractivity contribution is 0.172. The molecule has 0 aliphatic carbocycles. The van der Waals surface area contributed by atoms with Gasteiger partial charge >= 0.3 is 0 Å². The van der Waals surface area contributed by atoms with Gasteiger partial charge in [0.1, 0.15) is 5.75 Å². The number of nitrogens with two attached hydrogens (primary N) is 1. The van der Waals surface area contributed by atoms with Gasteiger partial charge in [-0.05, 0) is 18.6 Å². The molecule has 0 saturated heterocycles. The van der Waals surface area contributed by atoms with Gasteiger partial charge in [0.2, 0.25) is 0 Å². The molecule has 0 radical (unpaired) electrons. The van der Waals surface area contributed by atoms with Gasteiger partial charge in [0.15, 0.2) is 0 Å². The molecule has 16 heavy (non-hydrogen) atoms. The second-order valence-electron chi connectivity index (χ2n) is 3.63. The summed E-state index contributed by atoms with van der Waals surface area (Å²) in [7, 11) is 1.68. The third-order valence-electron chi connectivity index (χ3n) is 2.34. The van der Waals surface area contributed by atoms with E-state index in [0.29, 0.717) is 13.2 Å². The van der Waals surface area contributed by atoms with Crippen LogP contribution in [-0.4, -0.2) is 25.3 Å². The van der Waals surface area contributed by atoms with Gasteiger partial charge in [-0.15, -0.1) is 0 Å². The minimum absolute atomic E-state index is 0.0162. The van der Waals surface area contributed by atoms with Crippen LogP contribution in [0.15, 0.2) is 18.3 Å². The monoisotopic (exact) mass is 224 g/mol. The molecule has 1 aromatic heterocycles. The molecule has 0 fully saturated rings. The molecule has 90 valence electrons. The van der Waals surface area contributed by atoms with E-state index < -0.39 is 0 Å². The van der Waals surface area contributed by atoms with Crippen LogP contribution in [0.25, 0.3) is 0 Å². The van der Waals surface area contributed by atoms with Crippen LogP contribution in [0, 0.1) is 0 Å². The Hall–Kier alpha value is -1.13. The predicted molar refractivity (Wildman–Crippen MR) is 63.4 cm³/mol. The van der Waals surface area contributed by atoms with Crippen LogP contribution < -0.4 is 10.5 Å². The molecule has 2 N–H and O–H groups in total. The summed E-state index contributed by atoms with van der Waals surface area (Å²) in [5.41, 5.74) is 6.77. The Morgan fingerprint density at radius 1 is 1.38 bits per heavy atom. The number of pyridine rings is 1. The summed E-state index contributed by atoms with van der Waals surface area (Å²) in [6, 6.07) is 3.84.